The molecule has 1 heterocycles. The number of para-hydroxylation sites is 1. The molecule has 0 fully saturated rings. The largest absolute Gasteiger partial charge is 0.299 e. The average molecular weight is 300 g/mol. The first-order chi connectivity index (χ1) is 10.1. The summed E-state index contributed by atoms with van der Waals surface area (Å²) in [5.41, 5.74) is 1.05. The molecule has 0 saturated heterocycles. The van der Waals surface area contributed by atoms with Crippen LogP contribution in [0.2, 0.25) is 5.02 Å². The zero-order valence-electron chi connectivity index (χ0n) is 10.9. The van der Waals surface area contributed by atoms with E-state index in [1.54, 1.807) is 42.5 Å². The Labute approximate surface area is 125 Å². The normalized spacial score (nSPS) is 13.5. The van der Waals surface area contributed by atoms with Gasteiger partial charge in [-0.3, -0.25) is 19.3 Å². The lowest BCUT2D eigenvalue weighted by molar-refractivity contribution is -0.114. The number of rotatable bonds is 3. The molecule has 2 aromatic carbocycles. The molecule has 1 amide bonds. The standard InChI is InChI=1S/C16H10ClNO3/c17-12-8-4-7-11-14(12)18(16(21)15(11)20)9-13(19)10-5-2-1-3-6-10/h1-8H,9H2. The van der Waals surface area contributed by atoms with Gasteiger partial charge in [0.05, 0.1) is 22.8 Å². The molecule has 2 aromatic rings. The highest BCUT2D eigenvalue weighted by atomic mass is 35.5. The van der Waals surface area contributed by atoms with Crippen molar-refractivity contribution in [1.29, 1.82) is 0 Å². The summed E-state index contributed by atoms with van der Waals surface area (Å²) in [5, 5.41) is 0.285. The minimum absolute atomic E-state index is 0.203. The Kier molecular flexibility index (Phi) is 3.31. The Hall–Kier alpha value is -2.46. The van der Waals surface area contributed by atoms with E-state index < -0.39 is 11.7 Å². The van der Waals surface area contributed by atoms with Crippen LogP contribution in [0.5, 0.6) is 0 Å². The van der Waals surface area contributed by atoms with Crippen LogP contribution in [0.3, 0.4) is 0 Å². The second-order valence-corrected chi connectivity index (χ2v) is 5.05. The first-order valence-electron chi connectivity index (χ1n) is 6.32. The molecule has 104 valence electrons. The van der Waals surface area contributed by atoms with Crippen molar-refractivity contribution in [3.63, 3.8) is 0 Å². The third-order valence-electron chi connectivity index (χ3n) is 3.34. The number of halogens is 1. The molecular weight excluding hydrogens is 290 g/mol. The molecule has 1 aliphatic rings. The van der Waals surface area contributed by atoms with Crippen molar-refractivity contribution in [2.75, 3.05) is 11.4 Å². The highest BCUT2D eigenvalue weighted by Crippen LogP contribution is 2.35. The Morgan fingerprint density at radius 2 is 1.71 bits per heavy atom. The van der Waals surface area contributed by atoms with Crippen LogP contribution in [-0.2, 0) is 4.79 Å². The van der Waals surface area contributed by atoms with Gasteiger partial charge in [0.25, 0.3) is 11.7 Å². The molecule has 0 bridgehead atoms. The molecule has 0 unspecified atom stereocenters. The van der Waals surface area contributed by atoms with Crippen LogP contribution in [-0.4, -0.2) is 24.0 Å². The van der Waals surface area contributed by atoms with Crippen LogP contribution < -0.4 is 4.90 Å². The first-order valence-corrected chi connectivity index (χ1v) is 6.70. The van der Waals surface area contributed by atoms with Crippen molar-refractivity contribution in [2.24, 2.45) is 0 Å². The van der Waals surface area contributed by atoms with E-state index in [-0.39, 0.29) is 22.9 Å². The Bertz CT molecular complexity index is 755. The fourth-order valence-electron chi connectivity index (χ4n) is 2.32. The van der Waals surface area contributed by atoms with Crippen LogP contribution in [0.4, 0.5) is 5.69 Å². The molecule has 3 rings (SSSR count). The van der Waals surface area contributed by atoms with Crippen molar-refractivity contribution in [3.05, 3.63) is 64.7 Å². The molecule has 0 saturated carbocycles. The lowest BCUT2D eigenvalue weighted by Crippen LogP contribution is -2.34. The maximum absolute atomic E-state index is 12.2. The summed E-state index contributed by atoms with van der Waals surface area (Å²) < 4.78 is 0. The summed E-state index contributed by atoms with van der Waals surface area (Å²) in [4.78, 5) is 37.3. The smallest absolute Gasteiger partial charge is 0.295 e. The van der Waals surface area contributed by atoms with Gasteiger partial charge < -0.3 is 0 Å². The monoisotopic (exact) mass is 299 g/mol. The van der Waals surface area contributed by atoms with Crippen LogP contribution in [0.15, 0.2) is 48.5 Å². The van der Waals surface area contributed by atoms with E-state index in [9.17, 15) is 14.4 Å². The van der Waals surface area contributed by atoms with Crippen molar-refractivity contribution >= 4 is 34.8 Å². The SMILES string of the molecule is O=C(CN1C(=O)C(=O)c2cccc(Cl)c21)c1ccccc1. The molecule has 0 N–H and O–H groups in total. The number of hydrogen-bond donors (Lipinski definition) is 0. The molecule has 5 heteroatoms. The number of Topliss-reactive ketones (excluding diaryl/α,β-unsaturated/α-hetero) is 2. The van der Waals surface area contributed by atoms with Crippen molar-refractivity contribution in [2.45, 2.75) is 0 Å². The van der Waals surface area contributed by atoms with Crippen LogP contribution in [0.25, 0.3) is 0 Å². The number of hydrogen-bond acceptors (Lipinski definition) is 3. The Morgan fingerprint density at radius 3 is 2.43 bits per heavy atom. The zero-order valence-corrected chi connectivity index (χ0v) is 11.6. The van der Waals surface area contributed by atoms with Gasteiger partial charge in [-0.2, -0.15) is 0 Å². The summed E-state index contributed by atoms with van der Waals surface area (Å²) >= 11 is 6.07. The van der Waals surface area contributed by atoms with E-state index in [1.165, 1.54) is 6.07 Å². The maximum atomic E-state index is 12.2. The predicted octanol–water partition coefficient (Wildman–Crippen LogP) is 2.75. The van der Waals surface area contributed by atoms with Gasteiger partial charge in [0.1, 0.15) is 0 Å². The number of amides is 1. The molecule has 0 spiro atoms. The fraction of sp³-hybridized carbons (Fsp3) is 0.0625. The quantitative estimate of drug-likeness (QED) is 0.647. The van der Waals surface area contributed by atoms with Crippen molar-refractivity contribution in [3.8, 4) is 0 Å². The topological polar surface area (TPSA) is 54.5 Å². The lowest BCUT2D eigenvalue weighted by Gasteiger charge is -2.16. The number of fused-ring (bicyclic) bond motifs is 1. The Morgan fingerprint density at radius 1 is 1.00 bits per heavy atom. The van der Waals surface area contributed by atoms with Crippen LogP contribution in [0, 0.1) is 0 Å². The summed E-state index contributed by atoms with van der Waals surface area (Å²) in [6.45, 7) is -0.203. The third-order valence-corrected chi connectivity index (χ3v) is 3.64. The second-order valence-electron chi connectivity index (χ2n) is 4.65. The van der Waals surface area contributed by atoms with Gasteiger partial charge in [0.15, 0.2) is 5.78 Å². The number of carbonyl (C=O) groups is 3. The molecule has 0 atom stereocenters. The molecule has 4 nitrogen and oxygen atoms in total. The van der Waals surface area contributed by atoms with E-state index in [1.807, 2.05) is 0 Å². The van der Waals surface area contributed by atoms with Gasteiger partial charge in [-0.15, -0.1) is 0 Å². The summed E-state index contributed by atoms with van der Waals surface area (Å²) in [6, 6.07) is 13.3. The molecular formula is C16H10ClNO3. The minimum atomic E-state index is -0.720. The average Bonchev–Trinajstić information content (AvgIpc) is 2.74. The molecule has 21 heavy (non-hydrogen) atoms. The van der Waals surface area contributed by atoms with E-state index in [0.717, 1.165) is 4.90 Å². The summed E-state index contributed by atoms with van der Waals surface area (Å²) in [6.07, 6.45) is 0. The number of anilines is 1. The second kappa shape index (κ2) is 5.14. The van der Waals surface area contributed by atoms with Gasteiger partial charge in [0, 0.05) is 5.56 Å². The van der Waals surface area contributed by atoms with Gasteiger partial charge >= 0.3 is 0 Å². The van der Waals surface area contributed by atoms with Gasteiger partial charge in [-0.1, -0.05) is 48.0 Å². The van der Waals surface area contributed by atoms with Crippen molar-refractivity contribution < 1.29 is 14.4 Å². The predicted molar refractivity (Wildman–Crippen MR) is 78.9 cm³/mol. The van der Waals surface area contributed by atoms with Gasteiger partial charge in [-0.05, 0) is 12.1 Å². The molecule has 0 radical (unpaired) electrons. The maximum Gasteiger partial charge on any atom is 0.299 e. The van der Waals surface area contributed by atoms with Crippen LogP contribution in [0.1, 0.15) is 20.7 Å². The van der Waals surface area contributed by atoms with E-state index >= 15 is 0 Å². The van der Waals surface area contributed by atoms with Gasteiger partial charge in [-0.25, -0.2) is 0 Å². The number of carbonyl (C=O) groups excluding carboxylic acids is 3. The van der Waals surface area contributed by atoms with E-state index in [2.05, 4.69) is 0 Å². The molecule has 1 aliphatic heterocycles. The number of nitrogens with zero attached hydrogens (tertiary/aromatic N) is 1. The van der Waals surface area contributed by atoms with E-state index in [4.69, 9.17) is 11.6 Å². The molecule has 0 aromatic heterocycles. The minimum Gasteiger partial charge on any atom is -0.295 e. The zero-order chi connectivity index (χ0) is 15.0. The lowest BCUT2D eigenvalue weighted by atomic mass is 10.1. The van der Waals surface area contributed by atoms with Gasteiger partial charge in [0.2, 0.25) is 0 Å². The molecule has 0 aliphatic carbocycles. The fourth-order valence-corrected chi connectivity index (χ4v) is 2.60. The van der Waals surface area contributed by atoms with E-state index in [0.29, 0.717) is 11.3 Å². The number of ketones is 2. The van der Waals surface area contributed by atoms with Crippen molar-refractivity contribution in [1.82, 2.24) is 0 Å². The number of benzene rings is 2. The highest BCUT2D eigenvalue weighted by Gasteiger charge is 2.38. The third kappa shape index (κ3) is 2.23. The first kappa shape index (κ1) is 13.5. The summed E-state index contributed by atoms with van der Waals surface area (Å²) in [5.74, 6) is -1.60. The highest BCUT2D eigenvalue weighted by molar-refractivity contribution is 6.54. The van der Waals surface area contributed by atoms with Crippen LogP contribution >= 0.6 is 11.6 Å². The Balaban J connectivity index is 1.96. The summed E-state index contributed by atoms with van der Waals surface area (Å²) in [7, 11) is 0.